The van der Waals surface area contributed by atoms with E-state index in [1.807, 2.05) is 11.7 Å². The molecule has 0 aliphatic heterocycles. The van der Waals surface area contributed by atoms with Gasteiger partial charge in [-0.3, -0.25) is 4.68 Å². The Balaban J connectivity index is 2.60. The fourth-order valence-electron chi connectivity index (χ4n) is 1.78. The van der Waals surface area contributed by atoms with Gasteiger partial charge in [-0.2, -0.15) is 5.10 Å². The molecule has 1 aromatic rings. The molecule has 0 radical (unpaired) electrons. The predicted molar refractivity (Wildman–Crippen MR) is 65.4 cm³/mol. The van der Waals surface area contributed by atoms with Gasteiger partial charge < -0.3 is 10.1 Å². The molecule has 1 rings (SSSR count). The van der Waals surface area contributed by atoms with Crippen molar-refractivity contribution in [3.05, 3.63) is 17.5 Å². The van der Waals surface area contributed by atoms with Gasteiger partial charge in [0.15, 0.2) is 0 Å². The van der Waals surface area contributed by atoms with Crippen LogP contribution in [0.2, 0.25) is 0 Å². The molecule has 0 atom stereocenters. The zero-order valence-corrected chi connectivity index (χ0v) is 11.0. The van der Waals surface area contributed by atoms with Gasteiger partial charge in [-0.05, 0) is 20.3 Å². The minimum absolute atomic E-state index is 0.00436. The smallest absolute Gasteiger partial charge is 0.0666 e. The van der Waals surface area contributed by atoms with Crippen molar-refractivity contribution in [2.45, 2.75) is 39.3 Å². The third kappa shape index (κ3) is 3.61. The first-order valence-corrected chi connectivity index (χ1v) is 5.74. The van der Waals surface area contributed by atoms with Crippen LogP contribution in [0.25, 0.3) is 0 Å². The van der Waals surface area contributed by atoms with Crippen LogP contribution >= 0.6 is 0 Å². The summed E-state index contributed by atoms with van der Waals surface area (Å²) < 4.78 is 7.05. The number of hydrogen-bond donors (Lipinski definition) is 1. The Morgan fingerprint density at radius 1 is 1.50 bits per heavy atom. The standard InChI is InChI=1S/C12H23N3O/c1-6-11-10(8-15(4)14-11)7-13-12(2,3)9-16-5/h8,13H,6-7,9H2,1-5H3. The molecule has 0 bridgehead atoms. The van der Waals surface area contributed by atoms with Crippen LogP contribution in [-0.4, -0.2) is 29.0 Å². The number of ether oxygens (including phenoxy) is 1. The third-order valence-corrected chi connectivity index (χ3v) is 2.59. The van der Waals surface area contributed by atoms with Gasteiger partial charge in [0.25, 0.3) is 0 Å². The van der Waals surface area contributed by atoms with Crippen LogP contribution in [0.3, 0.4) is 0 Å². The van der Waals surface area contributed by atoms with Crippen LogP contribution in [0.5, 0.6) is 0 Å². The Labute approximate surface area is 98.0 Å². The number of hydrogen-bond acceptors (Lipinski definition) is 3. The number of methoxy groups -OCH3 is 1. The molecule has 0 unspecified atom stereocenters. The van der Waals surface area contributed by atoms with Crippen LogP contribution in [-0.2, 0) is 24.8 Å². The Bertz CT molecular complexity index is 331. The summed E-state index contributed by atoms with van der Waals surface area (Å²) in [5.74, 6) is 0. The first-order chi connectivity index (χ1) is 7.48. The molecule has 0 amide bonds. The minimum atomic E-state index is -0.00436. The molecule has 0 fully saturated rings. The maximum Gasteiger partial charge on any atom is 0.0666 e. The van der Waals surface area contributed by atoms with Gasteiger partial charge in [0.2, 0.25) is 0 Å². The van der Waals surface area contributed by atoms with Crippen LogP contribution in [0, 0.1) is 0 Å². The van der Waals surface area contributed by atoms with Crippen LogP contribution in [0.1, 0.15) is 32.0 Å². The Morgan fingerprint density at radius 3 is 2.75 bits per heavy atom. The van der Waals surface area contributed by atoms with Gasteiger partial charge in [-0.25, -0.2) is 0 Å². The lowest BCUT2D eigenvalue weighted by Crippen LogP contribution is -2.42. The summed E-state index contributed by atoms with van der Waals surface area (Å²) in [6, 6.07) is 0. The first-order valence-electron chi connectivity index (χ1n) is 5.74. The normalized spacial score (nSPS) is 12.1. The van der Waals surface area contributed by atoms with Gasteiger partial charge >= 0.3 is 0 Å². The van der Waals surface area contributed by atoms with E-state index < -0.39 is 0 Å². The van der Waals surface area contributed by atoms with Crippen molar-refractivity contribution in [3.63, 3.8) is 0 Å². The van der Waals surface area contributed by atoms with E-state index in [9.17, 15) is 0 Å². The van der Waals surface area contributed by atoms with Gasteiger partial charge in [0.05, 0.1) is 12.3 Å². The summed E-state index contributed by atoms with van der Waals surface area (Å²) in [7, 11) is 3.69. The highest BCUT2D eigenvalue weighted by molar-refractivity contribution is 5.17. The average molecular weight is 225 g/mol. The van der Waals surface area contributed by atoms with Crippen LogP contribution in [0.4, 0.5) is 0 Å². The molecular formula is C12H23N3O. The number of nitrogens with zero attached hydrogens (tertiary/aromatic N) is 2. The average Bonchev–Trinajstić information content (AvgIpc) is 2.56. The summed E-state index contributed by atoms with van der Waals surface area (Å²) in [4.78, 5) is 0. The lowest BCUT2D eigenvalue weighted by atomic mass is 10.1. The SMILES string of the molecule is CCc1nn(C)cc1CNC(C)(C)COC. The Kier molecular flexibility index (Phi) is 4.50. The summed E-state index contributed by atoms with van der Waals surface area (Å²) in [6.45, 7) is 7.95. The molecule has 0 saturated carbocycles. The van der Waals surface area contributed by atoms with Crippen molar-refractivity contribution in [3.8, 4) is 0 Å². The van der Waals surface area contributed by atoms with Gasteiger partial charge in [0, 0.05) is 38.0 Å². The van der Waals surface area contributed by atoms with E-state index in [-0.39, 0.29) is 5.54 Å². The molecule has 0 spiro atoms. The molecule has 4 nitrogen and oxygen atoms in total. The monoisotopic (exact) mass is 225 g/mol. The molecule has 1 N–H and O–H groups in total. The topological polar surface area (TPSA) is 39.1 Å². The molecular weight excluding hydrogens is 202 g/mol. The van der Waals surface area contributed by atoms with Crippen LogP contribution in [0.15, 0.2) is 6.20 Å². The highest BCUT2D eigenvalue weighted by atomic mass is 16.5. The second kappa shape index (κ2) is 5.46. The van der Waals surface area contributed by atoms with Crippen molar-refractivity contribution >= 4 is 0 Å². The van der Waals surface area contributed by atoms with E-state index in [4.69, 9.17) is 4.74 Å². The molecule has 1 aromatic heterocycles. The highest BCUT2D eigenvalue weighted by Gasteiger charge is 2.17. The minimum Gasteiger partial charge on any atom is -0.383 e. The highest BCUT2D eigenvalue weighted by Crippen LogP contribution is 2.10. The Morgan fingerprint density at radius 2 is 2.19 bits per heavy atom. The zero-order chi connectivity index (χ0) is 12.2. The lowest BCUT2D eigenvalue weighted by Gasteiger charge is -2.25. The fraction of sp³-hybridized carbons (Fsp3) is 0.750. The molecule has 92 valence electrons. The van der Waals surface area contributed by atoms with Gasteiger partial charge in [0.1, 0.15) is 0 Å². The molecule has 1 heterocycles. The maximum absolute atomic E-state index is 5.17. The first kappa shape index (κ1) is 13.2. The van der Waals surface area contributed by atoms with Crippen molar-refractivity contribution < 1.29 is 4.74 Å². The van der Waals surface area contributed by atoms with E-state index in [2.05, 4.69) is 37.4 Å². The van der Waals surface area contributed by atoms with E-state index in [0.29, 0.717) is 6.61 Å². The molecule has 0 aliphatic rings. The number of nitrogens with one attached hydrogen (secondary N) is 1. The maximum atomic E-state index is 5.17. The van der Waals surface area contributed by atoms with Gasteiger partial charge in [-0.15, -0.1) is 0 Å². The second-order valence-electron chi connectivity index (χ2n) is 4.80. The summed E-state index contributed by atoms with van der Waals surface area (Å²) in [6.07, 6.45) is 3.05. The Hall–Kier alpha value is -0.870. The van der Waals surface area contributed by atoms with Gasteiger partial charge in [-0.1, -0.05) is 6.92 Å². The van der Waals surface area contributed by atoms with E-state index in [1.54, 1.807) is 7.11 Å². The van der Waals surface area contributed by atoms with E-state index in [0.717, 1.165) is 13.0 Å². The zero-order valence-electron chi connectivity index (χ0n) is 11.0. The van der Waals surface area contributed by atoms with Crippen molar-refractivity contribution in [2.75, 3.05) is 13.7 Å². The quantitative estimate of drug-likeness (QED) is 0.797. The number of rotatable bonds is 6. The summed E-state index contributed by atoms with van der Waals surface area (Å²) in [5, 5.41) is 7.91. The van der Waals surface area contributed by atoms with E-state index in [1.165, 1.54) is 11.3 Å². The van der Waals surface area contributed by atoms with Crippen LogP contribution < -0.4 is 5.32 Å². The van der Waals surface area contributed by atoms with Crippen molar-refractivity contribution in [1.82, 2.24) is 15.1 Å². The molecule has 0 aromatic carbocycles. The third-order valence-electron chi connectivity index (χ3n) is 2.59. The fourth-order valence-corrected chi connectivity index (χ4v) is 1.78. The molecule has 0 aliphatic carbocycles. The largest absolute Gasteiger partial charge is 0.383 e. The molecule has 16 heavy (non-hydrogen) atoms. The van der Waals surface area contributed by atoms with Crippen molar-refractivity contribution in [1.29, 1.82) is 0 Å². The summed E-state index contributed by atoms with van der Waals surface area (Å²) in [5.41, 5.74) is 2.44. The van der Waals surface area contributed by atoms with Crippen molar-refractivity contribution in [2.24, 2.45) is 7.05 Å². The molecule has 4 heteroatoms. The predicted octanol–water partition coefficient (Wildman–Crippen LogP) is 1.50. The van der Waals surface area contributed by atoms with E-state index >= 15 is 0 Å². The summed E-state index contributed by atoms with van der Waals surface area (Å²) >= 11 is 0. The number of aromatic nitrogens is 2. The second-order valence-corrected chi connectivity index (χ2v) is 4.80. The molecule has 0 saturated heterocycles. The number of aryl methyl sites for hydroxylation is 2. The lowest BCUT2D eigenvalue weighted by molar-refractivity contribution is 0.127.